The molecular formula is C27H24N4O2S. The molecule has 170 valence electrons. The summed E-state index contributed by atoms with van der Waals surface area (Å²) in [6.45, 7) is 4.64. The molecule has 1 saturated heterocycles. The zero-order valence-corrected chi connectivity index (χ0v) is 19.5. The first-order chi connectivity index (χ1) is 16.7. The normalized spacial score (nSPS) is 16.5. The van der Waals surface area contributed by atoms with Gasteiger partial charge in [-0.05, 0) is 22.9 Å². The maximum absolute atomic E-state index is 12.6. The molecule has 6 rings (SSSR count). The van der Waals surface area contributed by atoms with Gasteiger partial charge in [0.05, 0.1) is 16.8 Å². The molecule has 6 nitrogen and oxygen atoms in total. The predicted octanol–water partition coefficient (Wildman–Crippen LogP) is 4.38. The lowest BCUT2D eigenvalue weighted by Crippen LogP contribution is -2.49. The van der Waals surface area contributed by atoms with Crippen LogP contribution in [0.3, 0.4) is 0 Å². The summed E-state index contributed by atoms with van der Waals surface area (Å²) in [5.74, 6) is -0.356. The Morgan fingerprint density at radius 2 is 1.38 bits per heavy atom. The van der Waals surface area contributed by atoms with Gasteiger partial charge in [-0.15, -0.1) is 11.3 Å². The number of nitrogens with zero attached hydrogens (tertiary/aromatic N) is 4. The maximum Gasteiger partial charge on any atom is 0.261 e. The smallest absolute Gasteiger partial charge is 0.261 e. The number of thiazole rings is 1. The highest BCUT2D eigenvalue weighted by molar-refractivity contribution is 7.14. The van der Waals surface area contributed by atoms with Crippen molar-refractivity contribution in [2.75, 3.05) is 44.2 Å². The highest BCUT2D eigenvalue weighted by atomic mass is 32.1. The van der Waals surface area contributed by atoms with Gasteiger partial charge in [-0.25, -0.2) is 4.98 Å². The molecule has 1 aromatic heterocycles. The number of aromatic nitrogens is 1. The molecule has 0 spiro atoms. The fraction of sp³-hybridized carbons (Fsp3) is 0.222. The lowest BCUT2D eigenvalue weighted by Gasteiger charge is -2.35. The molecule has 0 unspecified atom stereocenters. The van der Waals surface area contributed by atoms with E-state index < -0.39 is 0 Å². The van der Waals surface area contributed by atoms with E-state index in [4.69, 9.17) is 4.98 Å². The van der Waals surface area contributed by atoms with E-state index in [-0.39, 0.29) is 11.8 Å². The second-order valence-corrected chi connectivity index (χ2v) is 9.51. The third-order valence-corrected chi connectivity index (χ3v) is 7.62. The van der Waals surface area contributed by atoms with Gasteiger partial charge in [0.15, 0.2) is 5.13 Å². The van der Waals surface area contributed by atoms with Crippen LogP contribution in [-0.4, -0.2) is 65.9 Å². The van der Waals surface area contributed by atoms with Crippen molar-refractivity contribution in [3.05, 3.63) is 83.2 Å². The summed E-state index contributed by atoms with van der Waals surface area (Å²) in [6, 6.07) is 21.8. The number of fused-ring (bicyclic) bond motifs is 2. The number of carbonyl (C=O) groups is 2. The van der Waals surface area contributed by atoms with E-state index in [1.165, 1.54) is 21.2 Å². The third-order valence-electron chi connectivity index (χ3n) is 6.72. The summed E-state index contributed by atoms with van der Waals surface area (Å²) in [5.41, 5.74) is 3.22. The minimum atomic E-state index is -0.178. The van der Waals surface area contributed by atoms with E-state index in [0.29, 0.717) is 24.2 Å². The van der Waals surface area contributed by atoms with Gasteiger partial charge in [0, 0.05) is 50.2 Å². The summed E-state index contributed by atoms with van der Waals surface area (Å²) >= 11 is 1.69. The standard InChI is InChI=1S/C27H24N4O2S/c32-25-22-9-3-4-10-23(22)26(33)31(25)17-14-29-12-15-30(16-13-29)27-28-24(18-34-27)21-11-5-7-19-6-1-2-8-20(19)21/h1-11,18H,12-17H2. The number of hydrogen-bond donors (Lipinski definition) is 0. The lowest BCUT2D eigenvalue weighted by atomic mass is 10.0. The first-order valence-electron chi connectivity index (χ1n) is 11.6. The zero-order valence-electron chi connectivity index (χ0n) is 18.7. The number of imide groups is 1. The fourth-order valence-corrected chi connectivity index (χ4v) is 5.71. The summed E-state index contributed by atoms with van der Waals surface area (Å²) in [4.78, 5) is 36.2. The van der Waals surface area contributed by atoms with Crippen LogP contribution in [0.5, 0.6) is 0 Å². The number of amides is 2. The molecule has 2 amide bonds. The molecule has 1 fully saturated rings. The van der Waals surface area contributed by atoms with Crippen LogP contribution in [0.15, 0.2) is 72.1 Å². The molecule has 0 bridgehead atoms. The van der Waals surface area contributed by atoms with Crippen LogP contribution >= 0.6 is 11.3 Å². The SMILES string of the molecule is O=C1c2ccccc2C(=O)N1CCN1CCN(c2nc(-c3cccc4ccccc34)cs2)CC1. The topological polar surface area (TPSA) is 56.8 Å². The van der Waals surface area contributed by atoms with Crippen LogP contribution in [0.4, 0.5) is 5.13 Å². The lowest BCUT2D eigenvalue weighted by molar-refractivity contribution is 0.0635. The summed E-state index contributed by atoms with van der Waals surface area (Å²) < 4.78 is 0. The predicted molar refractivity (Wildman–Crippen MR) is 136 cm³/mol. The third kappa shape index (κ3) is 3.67. The summed E-state index contributed by atoms with van der Waals surface area (Å²) in [5, 5.41) is 5.63. The highest BCUT2D eigenvalue weighted by Crippen LogP contribution is 2.32. The van der Waals surface area contributed by atoms with Gasteiger partial charge in [-0.3, -0.25) is 19.4 Å². The minimum absolute atomic E-state index is 0.178. The van der Waals surface area contributed by atoms with Gasteiger partial charge in [-0.2, -0.15) is 0 Å². The van der Waals surface area contributed by atoms with Crippen molar-refractivity contribution in [1.29, 1.82) is 0 Å². The number of carbonyl (C=O) groups excluding carboxylic acids is 2. The number of hydrogen-bond acceptors (Lipinski definition) is 6. The zero-order chi connectivity index (χ0) is 23.1. The van der Waals surface area contributed by atoms with Crippen molar-refractivity contribution in [1.82, 2.24) is 14.8 Å². The Hall–Kier alpha value is -3.55. The molecule has 3 heterocycles. The van der Waals surface area contributed by atoms with E-state index in [9.17, 15) is 9.59 Å². The minimum Gasteiger partial charge on any atom is -0.346 e. The molecular weight excluding hydrogens is 444 g/mol. The maximum atomic E-state index is 12.6. The first-order valence-corrected chi connectivity index (χ1v) is 12.4. The van der Waals surface area contributed by atoms with E-state index in [1.807, 2.05) is 0 Å². The van der Waals surface area contributed by atoms with Gasteiger partial charge in [-0.1, -0.05) is 54.6 Å². The van der Waals surface area contributed by atoms with Crippen molar-refractivity contribution in [2.45, 2.75) is 0 Å². The van der Waals surface area contributed by atoms with Crippen LogP contribution in [0.25, 0.3) is 22.0 Å². The second kappa shape index (κ2) is 8.66. The largest absolute Gasteiger partial charge is 0.346 e. The molecule has 0 radical (unpaired) electrons. The Morgan fingerprint density at radius 1 is 0.735 bits per heavy atom. The van der Waals surface area contributed by atoms with E-state index in [2.05, 4.69) is 57.6 Å². The Balaban J connectivity index is 1.08. The van der Waals surface area contributed by atoms with E-state index in [0.717, 1.165) is 37.0 Å². The van der Waals surface area contributed by atoms with Crippen molar-refractivity contribution in [2.24, 2.45) is 0 Å². The van der Waals surface area contributed by atoms with Gasteiger partial charge in [0.2, 0.25) is 0 Å². The Bertz CT molecular complexity index is 1350. The summed E-state index contributed by atoms with van der Waals surface area (Å²) in [6.07, 6.45) is 0. The molecule has 7 heteroatoms. The van der Waals surface area contributed by atoms with Crippen LogP contribution < -0.4 is 4.90 Å². The van der Waals surface area contributed by atoms with Crippen molar-refractivity contribution >= 4 is 39.1 Å². The van der Waals surface area contributed by atoms with Gasteiger partial charge in [0.25, 0.3) is 11.8 Å². The van der Waals surface area contributed by atoms with Crippen LogP contribution in [0.1, 0.15) is 20.7 Å². The van der Waals surface area contributed by atoms with Gasteiger partial charge < -0.3 is 4.90 Å². The molecule has 0 atom stereocenters. The molecule has 4 aromatic rings. The molecule has 34 heavy (non-hydrogen) atoms. The molecule has 0 aliphatic carbocycles. The molecule has 2 aliphatic heterocycles. The van der Waals surface area contributed by atoms with Crippen molar-refractivity contribution < 1.29 is 9.59 Å². The van der Waals surface area contributed by atoms with Gasteiger partial charge in [0.1, 0.15) is 0 Å². The average molecular weight is 469 g/mol. The fourth-order valence-electron chi connectivity index (χ4n) is 4.83. The van der Waals surface area contributed by atoms with Crippen LogP contribution in [0, 0.1) is 0 Å². The van der Waals surface area contributed by atoms with Crippen LogP contribution in [0.2, 0.25) is 0 Å². The number of benzene rings is 3. The Labute approximate surface area is 202 Å². The van der Waals surface area contributed by atoms with Crippen molar-refractivity contribution in [3.8, 4) is 11.3 Å². The molecule has 3 aromatic carbocycles. The van der Waals surface area contributed by atoms with Gasteiger partial charge >= 0.3 is 0 Å². The summed E-state index contributed by atoms with van der Waals surface area (Å²) in [7, 11) is 0. The van der Waals surface area contributed by atoms with Crippen LogP contribution in [-0.2, 0) is 0 Å². The molecule has 0 saturated carbocycles. The molecule has 0 N–H and O–H groups in total. The first kappa shape index (κ1) is 21.0. The number of piperazine rings is 1. The average Bonchev–Trinajstić information content (AvgIpc) is 3.47. The van der Waals surface area contributed by atoms with E-state index >= 15 is 0 Å². The number of anilines is 1. The number of rotatable bonds is 5. The van der Waals surface area contributed by atoms with E-state index in [1.54, 1.807) is 35.6 Å². The monoisotopic (exact) mass is 468 g/mol. The second-order valence-electron chi connectivity index (χ2n) is 8.68. The Kier molecular flexibility index (Phi) is 5.36. The quantitative estimate of drug-likeness (QED) is 0.407. The van der Waals surface area contributed by atoms with Crippen molar-refractivity contribution in [3.63, 3.8) is 0 Å². The Morgan fingerprint density at radius 3 is 2.15 bits per heavy atom. The molecule has 2 aliphatic rings. The highest BCUT2D eigenvalue weighted by Gasteiger charge is 2.35.